The Hall–Kier alpha value is -3.95. The first-order chi connectivity index (χ1) is 18.5. The van der Waals surface area contributed by atoms with Gasteiger partial charge in [-0.15, -0.1) is 0 Å². The maximum atomic E-state index is 14.4. The molecule has 2 aliphatic heterocycles. The molecule has 0 radical (unpaired) electrons. The number of ether oxygens (including phenoxy) is 1. The molecule has 0 unspecified atom stereocenters. The van der Waals surface area contributed by atoms with Crippen LogP contribution in [0.1, 0.15) is 49.5 Å². The molecule has 1 N–H and O–H groups in total. The van der Waals surface area contributed by atoms with Gasteiger partial charge in [0.15, 0.2) is 0 Å². The smallest absolute Gasteiger partial charge is 0.331 e. The molecule has 39 heavy (non-hydrogen) atoms. The second-order valence-electron chi connectivity index (χ2n) is 10.4. The number of nitrogens with one attached hydrogen (secondary N) is 1. The van der Waals surface area contributed by atoms with Crippen molar-refractivity contribution < 1.29 is 28.3 Å². The molecule has 0 bridgehead atoms. The van der Waals surface area contributed by atoms with Crippen molar-refractivity contribution in [1.82, 2.24) is 15.1 Å². The number of anilines is 1. The fraction of sp³-hybridized carbons (Fsp3) is 0.448. The number of amides is 5. The molecule has 2 aromatic rings. The van der Waals surface area contributed by atoms with Gasteiger partial charge in [0.25, 0.3) is 11.8 Å². The van der Waals surface area contributed by atoms with Crippen LogP contribution in [0.15, 0.2) is 42.5 Å². The number of hydrogen-bond donors (Lipinski definition) is 1. The Balaban J connectivity index is 1.52. The molecule has 0 aromatic heterocycles. The lowest BCUT2D eigenvalue weighted by Gasteiger charge is -2.43. The highest BCUT2D eigenvalue weighted by Crippen LogP contribution is 2.40. The van der Waals surface area contributed by atoms with Gasteiger partial charge in [-0.3, -0.25) is 24.2 Å². The lowest BCUT2D eigenvalue weighted by atomic mass is 9.85. The SMILES string of the molecule is CCc1ccc(F)c(C(=O)N[C@@H](C(=O)N2CCC3(CC2)C(=O)N(C)C(=O)N3c2ccc(OC)cc2)C(C)C)c1. The number of carbonyl (C=O) groups excluding carboxylic acids is 4. The van der Waals surface area contributed by atoms with E-state index >= 15 is 0 Å². The van der Waals surface area contributed by atoms with E-state index in [2.05, 4.69) is 5.32 Å². The number of aryl methyl sites for hydroxylation is 1. The summed E-state index contributed by atoms with van der Waals surface area (Å²) in [7, 11) is 3.01. The molecule has 10 heteroatoms. The van der Waals surface area contributed by atoms with Crippen LogP contribution in [0.25, 0.3) is 0 Å². The van der Waals surface area contributed by atoms with Crippen LogP contribution in [0.4, 0.5) is 14.9 Å². The highest BCUT2D eigenvalue weighted by atomic mass is 19.1. The summed E-state index contributed by atoms with van der Waals surface area (Å²) in [6.07, 6.45) is 1.13. The van der Waals surface area contributed by atoms with Gasteiger partial charge in [0.1, 0.15) is 23.1 Å². The quantitative estimate of drug-likeness (QED) is 0.543. The Morgan fingerprint density at radius 3 is 2.28 bits per heavy atom. The number of likely N-dealkylation sites (N-methyl/N-ethyl adjacent to an activating group) is 1. The van der Waals surface area contributed by atoms with E-state index in [0.29, 0.717) is 17.9 Å². The van der Waals surface area contributed by atoms with E-state index in [4.69, 9.17) is 4.74 Å². The molecule has 4 rings (SSSR count). The Morgan fingerprint density at radius 1 is 1.08 bits per heavy atom. The molecule has 1 atom stereocenters. The number of halogens is 1. The van der Waals surface area contributed by atoms with Gasteiger partial charge in [-0.05, 0) is 67.1 Å². The Kier molecular flexibility index (Phi) is 7.94. The number of urea groups is 1. The fourth-order valence-corrected chi connectivity index (χ4v) is 5.35. The van der Waals surface area contributed by atoms with Gasteiger partial charge < -0.3 is 15.0 Å². The molecule has 5 amide bonds. The number of likely N-dealkylation sites (tertiary alicyclic amines) is 1. The minimum absolute atomic E-state index is 0.0985. The summed E-state index contributed by atoms with van der Waals surface area (Å²) >= 11 is 0. The van der Waals surface area contributed by atoms with Crippen LogP contribution in [-0.2, 0) is 16.0 Å². The fourth-order valence-electron chi connectivity index (χ4n) is 5.35. The highest BCUT2D eigenvalue weighted by molar-refractivity contribution is 6.16. The second kappa shape index (κ2) is 11.0. The molecule has 0 aliphatic carbocycles. The van der Waals surface area contributed by atoms with Crippen LogP contribution < -0.4 is 15.0 Å². The van der Waals surface area contributed by atoms with Crippen LogP contribution in [0.5, 0.6) is 5.75 Å². The maximum absolute atomic E-state index is 14.4. The van der Waals surface area contributed by atoms with Crippen LogP contribution >= 0.6 is 0 Å². The average Bonchev–Trinajstić information content (AvgIpc) is 3.12. The van der Waals surface area contributed by atoms with E-state index < -0.39 is 29.3 Å². The third-order valence-corrected chi connectivity index (χ3v) is 7.74. The highest BCUT2D eigenvalue weighted by Gasteiger charge is 2.58. The van der Waals surface area contributed by atoms with E-state index in [1.54, 1.807) is 42.3 Å². The number of nitrogens with zero attached hydrogens (tertiary/aromatic N) is 3. The molecule has 1 spiro atoms. The Bertz CT molecular complexity index is 1270. The normalized spacial score (nSPS) is 17.7. The van der Waals surface area contributed by atoms with Crippen LogP contribution in [0.3, 0.4) is 0 Å². The molecule has 2 aliphatic rings. The van der Waals surface area contributed by atoms with E-state index in [1.165, 1.54) is 24.1 Å². The van der Waals surface area contributed by atoms with Gasteiger partial charge in [-0.2, -0.15) is 0 Å². The second-order valence-corrected chi connectivity index (χ2v) is 10.4. The molecular formula is C29H35FN4O5. The van der Waals surface area contributed by atoms with E-state index in [9.17, 15) is 23.6 Å². The number of carbonyl (C=O) groups is 4. The zero-order valence-corrected chi connectivity index (χ0v) is 23.0. The zero-order chi connectivity index (χ0) is 28.5. The van der Waals surface area contributed by atoms with Gasteiger partial charge >= 0.3 is 6.03 Å². The van der Waals surface area contributed by atoms with Crippen LogP contribution in [0.2, 0.25) is 0 Å². The summed E-state index contributed by atoms with van der Waals surface area (Å²) in [6.45, 7) is 5.97. The average molecular weight is 539 g/mol. The van der Waals surface area contributed by atoms with Crippen molar-refractivity contribution in [3.05, 3.63) is 59.4 Å². The van der Waals surface area contributed by atoms with Crippen molar-refractivity contribution in [2.24, 2.45) is 5.92 Å². The van der Waals surface area contributed by atoms with E-state index in [-0.39, 0.29) is 49.2 Å². The summed E-state index contributed by atoms with van der Waals surface area (Å²) in [6, 6.07) is 10.0. The lowest BCUT2D eigenvalue weighted by molar-refractivity contribution is -0.139. The summed E-state index contributed by atoms with van der Waals surface area (Å²) in [5.74, 6) is -1.54. The summed E-state index contributed by atoms with van der Waals surface area (Å²) in [5, 5.41) is 2.73. The number of benzene rings is 2. The zero-order valence-electron chi connectivity index (χ0n) is 23.0. The summed E-state index contributed by atoms with van der Waals surface area (Å²) in [5.41, 5.74) is 0.176. The van der Waals surface area contributed by atoms with Gasteiger partial charge in [-0.1, -0.05) is 26.8 Å². The minimum Gasteiger partial charge on any atom is -0.497 e. The lowest BCUT2D eigenvalue weighted by Crippen LogP contribution is -2.60. The first kappa shape index (κ1) is 28.1. The Morgan fingerprint density at radius 2 is 1.72 bits per heavy atom. The Labute approximate surface area is 227 Å². The van der Waals surface area contributed by atoms with Crippen molar-refractivity contribution in [3.8, 4) is 5.75 Å². The third-order valence-electron chi connectivity index (χ3n) is 7.74. The number of imide groups is 1. The molecule has 0 saturated carbocycles. The largest absolute Gasteiger partial charge is 0.497 e. The molecule has 9 nitrogen and oxygen atoms in total. The predicted molar refractivity (Wildman–Crippen MR) is 144 cm³/mol. The third kappa shape index (κ3) is 5.07. The first-order valence-corrected chi connectivity index (χ1v) is 13.2. The summed E-state index contributed by atoms with van der Waals surface area (Å²) in [4.78, 5) is 57.3. The first-order valence-electron chi connectivity index (χ1n) is 13.2. The molecule has 2 heterocycles. The van der Waals surface area contributed by atoms with Crippen LogP contribution in [-0.4, -0.2) is 72.4 Å². The van der Waals surface area contributed by atoms with Crippen molar-refractivity contribution in [2.45, 2.75) is 51.6 Å². The van der Waals surface area contributed by atoms with Crippen molar-refractivity contribution in [2.75, 3.05) is 32.1 Å². The maximum Gasteiger partial charge on any atom is 0.331 e. The molecule has 2 aromatic carbocycles. The van der Waals surface area contributed by atoms with Crippen molar-refractivity contribution >= 4 is 29.4 Å². The van der Waals surface area contributed by atoms with E-state index in [1.807, 2.05) is 20.8 Å². The molecule has 208 valence electrons. The number of rotatable bonds is 7. The standard InChI is InChI=1S/C29H35FN4O5/c1-6-19-7-12-23(30)22(17-19)25(35)31-24(18(2)3)26(36)33-15-13-29(14-16-33)27(37)32(4)28(38)34(29)20-8-10-21(39-5)11-9-20/h7-12,17-18,24H,6,13-16H2,1-5H3,(H,31,35)/t24-/m1/s1. The minimum atomic E-state index is -1.11. The van der Waals surface area contributed by atoms with E-state index in [0.717, 1.165) is 10.5 Å². The van der Waals surface area contributed by atoms with Gasteiger partial charge in [0.2, 0.25) is 5.91 Å². The molecular weight excluding hydrogens is 503 g/mol. The monoisotopic (exact) mass is 538 g/mol. The van der Waals surface area contributed by atoms with Crippen LogP contribution in [0, 0.1) is 11.7 Å². The molecule has 2 fully saturated rings. The van der Waals surface area contributed by atoms with Crippen molar-refractivity contribution in [1.29, 1.82) is 0 Å². The van der Waals surface area contributed by atoms with Crippen molar-refractivity contribution in [3.63, 3.8) is 0 Å². The number of methoxy groups -OCH3 is 1. The molecule has 2 saturated heterocycles. The number of piperidine rings is 1. The summed E-state index contributed by atoms with van der Waals surface area (Å²) < 4.78 is 19.6. The predicted octanol–water partition coefficient (Wildman–Crippen LogP) is 3.61. The van der Waals surface area contributed by atoms with Gasteiger partial charge in [-0.25, -0.2) is 9.18 Å². The van der Waals surface area contributed by atoms with Gasteiger partial charge in [0.05, 0.1) is 12.7 Å². The number of hydrogen-bond acceptors (Lipinski definition) is 5. The topological polar surface area (TPSA) is 99.3 Å². The van der Waals surface area contributed by atoms with Gasteiger partial charge in [0, 0.05) is 25.8 Å².